The largest absolute Gasteiger partial charge is 0.475 e. The van der Waals surface area contributed by atoms with Crippen LogP contribution in [-0.4, -0.2) is 21.2 Å². The van der Waals surface area contributed by atoms with Crippen LogP contribution in [0.2, 0.25) is 0 Å². The Balaban J connectivity index is 2.14. The van der Waals surface area contributed by atoms with E-state index in [-0.39, 0.29) is 5.82 Å². The van der Waals surface area contributed by atoms with E-state index >= 15 is 0 Å². The number of carboxylic acids is 1. The molecule has 5 nitrogen and oxygen atoms in total. The standard InChI is InChI=1S/C8H6N2O3S/c11-8(12)7-9-6(13-10-7)4-5-2-1-3-14-5/h1-3H,4H2,(H,11,12). The number of hydrogen-bond acceptors (Lipinski definition) is 5. The van der Waals surface area contributed by atoms with Crippen LogP contribution in [-0.2, 0) is 6.42 Å². The van der Waals surface area contributed by atoms with Crippen LogP contribution in [0.5, 0.6) is 0 Å². The van der Waals surface area contributed by atoms with Crippen molar-refractivity contribution in [3.8, 4) is 0 Å². The lowest BCUT2D eigenvalue weighted by atomic mass is 10.3. The van der Waals surface area contributed by atoms with Gasteiger partial charge in [0, 0.05) is 4.88 Å². The molecule has 0 saturated heterocycles. The van der Waals surface area contributed by atoms with Gasteiger partial charge in [0.2, 0.25) is 5.89 Å². The second-order valence-electron chi connectivity index (χ2n) is 2.57. The van der Waals surface area contributed by atoms with Gasteiger partial charge in [0.25, 0.3) is 5.82 Å². The van der Waals surface area contributed by atoms with E-state index in [0.29, 0.717) is 12.3 Å². The van der Waals surface area contributed by atoms with Gasteiger partial charge in [0.05, 0.1) is 6.42 Å². The molecule has 2 heterocycles. The van der Waals surface area contributed by atoms with Gasteiger partial charge in [0.1, 0.15) is 0 Å². The van der Waals surface area contributed by atoms with Crippen LogP contribution >= 0.6 is 11.3 Å². The molecule has 0 atom stereocenters. The zero-order valence-corrected chi connectivity index (χ0v) is 7.82. The minimum absolute atomic E-state index is 0.295. The summed E-state index contributed by atoms with van der Waals surface area (Å²) < 4.78 is 4.76. The van der Waals surface area contributed by atoms with Crippen molar-refractivity contribution < 1.29 is 14.4 Å². The van der Waals surface area contributed by atoms with Crippen LogP contribution in [0.25, 0.3) is 0 Å². The van der Waals surface area contributed by atoms with E-state index in [9.17, 15) is 4.79 Å². The molecule has 0 aliphatic carbocycles. The molecule has 14 heavy (non-hydrogen) atoms. The maximum absolute atomic E-state index is 10.4. The molecular weight excluding hydrogens is 204 g/mol. The fourth-order valence-corrected chi connectivity index (χ4v) is 1.67. The Labute approximate surface area is 83.0 Å². The molecule has 0 aliphatic heterocycles. The highest BCUT2D eigenvalue weighted by Gasteiger charge is 2.12. The van der Waals surface area contributed by atoms with Crippen LogP contribution in [0.4, 0.5) is 0 Å². The van der Waals surface area contributed by atoms with Gasteiger partial charge >= 0.3 is 5.97 Å². The Hall–Kier alpha value is -1.69. The summed E-state index contributed by atoms with van der Waals surface area (Å²) in [5, 5.41) is 13.8. The van der Waals surface area contributed by atoms with Crippen molar-refractivity contribution in [2.24, 2.45) is 0 Å². The molecule has 0 bridgehead atoms. The zero-order chi connectivity index (χ0) is 9.97. The van der Waals surface area contributed by atoms with Crippen LogP contribution in [0.3, 0.4) is 0 Å². The second-order valence-corrected chi connectivity index (χ2v) is 3.61. The molecule has 0 radical (unpaired) electrons. The molecule has 0 unspecified atom stereocenters. The van der Waals surface area contributed by atoms with Gasteiger partial charge in [-0.2, -0.15) is 4.98 Å². The molecule has 2 aromatic heterocycles. The first-order valence-corrected chi connectivity index (χ1v) is 4.72. The van der Waals surface area contributed by atoms with Crippen LogP contribution in [0, 0.1) is 0 Å². The third kappa shape index (κ3) is 1.80. The number of rotatable bonds is 3. The van der Waals surface area contributed by atoms with Crippen molar-refractivity contribution in [3.63, 3.8) is 0 Å². The predicted molar refractivity (Wildman–Crippen MR) is 48.4 cm³/mol. The molecule has 0 aromatic carbocycles. The summed E-state index contributed by atoms with van der Waals surface area (Å²) in [6, 6.07) is 3.84. The summed E-state index contributed by atoms with van der Waals surface area (Å²) in [5.74, 6) is -1.15. The van der Waals surface area contributed by atoms with Crippen molar-refractivity contribution in [1.29, 1.82) is 0 Å². The van der Waals surface area contributed by atoms with Gasteiger partial charge in [0.15, 0.2) is 0 Å². The van der Waals surface area contributed by atoms with Crippen molar-refractivity contribution in [2.75, 3.05) is 0 Å². The fourth-order valence-electron chi connectivity index (χ4n) is 0.976. The number of hydrogen-bond donors (Lipinski definition) is 1. The molecule has 0 fully saturated rings. The van der Waals surface area contributed by atoms with E-state index in [1.165, 1.54) is 0 Å². The Morgan fingerprint density at radius 2 is 2.50 bits per heavy atom. The van der Waals surface area contributed by atoms with Crippen molar-refractivity contribution >= 4 is 17.3 Å². The summed E-state index contributed by atoms with van der Waals surface area (Å²) >= 11 is 1.56. The molecule has 0 spiro atoms. The maximum Gasteiger partial charge on any atom is 0.377 e. The Bertz CT molecular complexity index is 435. The topological polar surface area (TPSA) is 76.2 Å². The normalized spacial score (nSPS) is 10.3. The van der Waals surface area contributed by atoms with E-state index < -0.39 is 5.97 Å². The van der Waals surface area contributed by atoms with E-state index in [4.69, 9.17) is 9.63 Å². The molecule has 0 aliphatic rings. The quantitative estimate of drug-likeness (QED) is 0.829. The number of aromatic carboxylic acids is 1. The molecule has 2 aromatic rings. The molecule has 2 rings (SSSR count). The van der Waals surface area contributed by atoms with Crippen molar-refractivity contribution in [1.82, 2.24) is 10.1 Å². The third-order valence-electron chi connectivity index (χ3n) is 1.56. The molecular formula is C8H6N2O3S. The molecule has 72 valence electrons. The minimum Gasteiger partial charge on any atom is -0.475 e. The summed E-state index contributed by atoms with van der Waals surface area (Å²) in [4.78, 5) is 15.2. The van der Waals surface area contributed by atoms with Gasteiger partial charge in [-0.1, -0.05) is 6.07 Å². The lowest BCUT2D eigenvalue weighted by Gasteiger charge is -1.86. The van der Waals surface area contributed by atoms with Gasteiger partial charge in [-0.15, -0.1) is 11.3 Å². The van der Waals surface area contributed by atoms with Crippen molar-refractivity contribution in [2.45, 2.75) is 6.42 Å². The number of carbonyl (C=O) groups is 1. The monoisotopic (exact) mass is 210 g/mol. The number of nitrogens with zero attached hydrogens (tertiary/aromatic N) is 2. The highest BCUT2D eigenvalue weighted by atomic mass is 32.1. The van der Waals surface area contributed by atoms with Gasteiger partial charge in [-0.25, -0.2) is 4.79 Å². The highest BCUT2D eigenvalue weighted by molar-refractivity contribution is 7.09. The van der Waals surface area contributed by atoms with E-state index in [2.05, 4.69) is 10.1 Å². The predicted octanol–water partition coefficient (Wildman–Crippen LogP) is 1.42. The smallest absolute Gasteiger partial charge is 0.377 e. The van der Waals surface area contributed by atoms with Gasteiger partial charge in [-0.3, -0.25) is 0 Å². The molecule has 0 amide bonds. The first-order valence-electron chi connectivity index (χ1n) is 3.84. The summed E-state index contributed by atoms with van der Waals surface area (Å²) in [5.41, 5.74) is 0. The summed E-state index contributed by atoms with van der Waals surface area (Å²) in [6.07, 6.45) is 0.484. The molecule has 0 saturated carbocycles. The van der Waals surface area contributed by atoms with E-state index in [1.54, 1.807) is 11.3 Å². The molecule has 6 heteroatoms. The average Bonchev–Trinajstić information content (AvgIpc) is 2.75. The van der Waals surface area contributed by atoms with Gasteiger partial charge in [-0.05, 0) is 16.6 Å². The number of thiophene rings is 1. The van der Waals surface area contributed by atoms with E-state index in [0.717, 1.165) is 4.88 Å². The SMILES string of the molecule is O=C(O)c1noc(Cc2cccs2)n1. The van der Waals surface area contributed by atoms with Crippen LogP contribution in [0.1, 0.15) is 21.4 Å². The second kappa shape index (κ2) is 3.59. The van der Waals surface area contributed by atoms with Gasteiger partial charge < -0.3 is 9.63 Å². The minimum atomic E-state index is -1.17. The average molecular weight is 210 g/mol. The third-order valence-corrected chi connectivity index (χ3v) is 2.44. The number of aromatic nitrogens is 2. The fraction of sp³-hybridized carbons (Fsp3) is 0.125. The van der Waals surface area contributed by atoms with Crippen LogP contribution < -0.4 is 0 Å². The van der Waals surface area contributed by atoms with Crippen LogP contribution in [0.15, 0.2) is 22.0 Å². The highest BCUT2D eigenvalue weighted by Crippen LogP contribution is 2.13. The summed E-state index contributed by atoms with van der Waals surface area (Å²) in [6.45, 7) is 0. The van der Waals surface area contributed by atoms with Crippen molar-refractivity contribution in [3.05, 3.63) is 34.1 Å². The Morgan fingerprint density at radius 1 is 1.64 bits per heavy atom. The zero-order valence-electron chi connectivity index (χ0n) is 7.01. The maximum atomic E-state index is 10.4. The lowest BCUT2D eigenvalue weighted by Crippen LogP contribution is -1.98. The first kappa shape index (κ1) is 8.89. The summed E-state index contributed by atoms with van der Waals surface area (Å²) in [7, 11) is 0. The lowest BCUT2D eigenvalue weighted by molar-refractivity contribution is 0.0680. The number of carboxylic acid groups (broad SMARTS) is 1. The van der Waals surface area contributed by atoms with E-state index in [1.807, 2.05) is 17.5 Å². The molecule has 1 N–H and O–H groups in total. The first-order chi connectivity index (χ1) is 6.75. The Morgan fingerprint density at radius 3 is 3.07 bits per heavy atom. The Kier molecular flexibility index (Phi) is 2.28.